The zero-order chi connectivity index (χ0) is 24.1. The van der Waals surface area contributed by atoms with E-state index in [4.69, 9.17) is 11.6 Å². The molecule has 0 spiro atoms. The zero-order valence-corrected chi connectivity index (χ0v) is 20.6. The third-order valence-electron chi connectivity index (χ3n) is 5.90. The number of nitrogens with one attached hydrogen (secondary N) is 1. The second-order valence-electron chi connectivity index (χ2n) is 8.49. The molecule has 0 bridgehead atoms. The number of hydrogen-bond acceptors (Lipinski definition) is 4. The monoisotopic (exact) mass is 497 g/mol. The lowest BCUT2D eigenvalue weighted by molar-refractivity contribution is 0.102. The fraction of sp³-hybridized carbons (Fsp3) is 0.269. The first-order valence-corrected chi connectivity index (χ1v) is 13.5. The van der Waals surface area contributed by atoms with Gasteiger partial charge in [0.15, 0.2) is 0 Å². The van der Waals surface area contributed by atoms with E-state index in [0.29, 0.717) is 16.3 Å². The highest BCUT2D eigenvalue weighted by atomic mass is 35.5. The second kappa shape index (κ2) is 10.5. The van der Waals surface area contributed by atoms with Gasteiger partial charge in [0.1, 0.15) is 0 Å². The normalized spacial score (nSPS) is 14.0. The molecular weight excluding hydrogens is 470 g/mol. The molecule has 1 heterocycles. The lowest BCUT2D eigenvalue weighted by Crippen LogP contribution is -2.29. The first-order valence-electron chi connectivity index (χ1n) is 11.3. The number of carbonyl (C=O) groups excluding carboxylic acids is 1. The summed E-state index contributed by atoms with van der Waals surface area (Å²) in [7, 11) is -3.53. The van der Waals surface area contributed by atoms with Crippen LogP contribution in [0.4, 0.5) is 17.1 Å². The Hall–Kier alpha value is -3.03. The Bertz CT molecular complexity index is 1220. The van der Waals surface area contributed by atoms with Gasteiger partial charge in [-0.3, -0.25) is 9.10 Å². The smallest absolute Gasteiger partial charge is 0.255 e. The first kappa shape index (κ1) is 24.1. The molecule has 0 radical (unpaired) electrons. The molecule has 6 nitrogen and oxygen atoms in total. The highest BCUT2D eigenvalue weighted by Crippen LogP contribution is 2.24. The standard InChI is InChI=1S/C26H28ClN3O3S/c1-34(32,33)30(19-20-5-9-22(27)10-6-20)25-13-7-21(8-14-25)26(31)28-23-11-15-24(16-12-23)29-17-3-2-4-18-29/h5-16H,2-4,17-19H2,1H3,(H,28,31). The Morgan fingerprint density at radius 2 is 1.53 bits per heavy atom. The molecular formula is C26H28ClN3O3S. The van der Waals surface area contributed by atoms with Crippen LogP contribution in [-0.4, -0.2) is 33.7 Å². The van der Waals surface area contributed by atoms with Crippen molar-refractivity contribution in [2.45, 2.75) is 25.8 Å². The summed E-state index contributed by atoms with van der Waals surface area (Å²) < 4.78 is 26.1. The third kappa shape index (κ3) is 6.10. The maximum absolute atomic E-state index is 12.7. The summed E-state index contributed by atoms with van der Waals surface area (Å²) >= 11 is 5.93. The number of nitrogens with zero attached hydrogens (tertiary/aromatic N) is 2. The minimum atomic E-state index is -3.53. The number of piperidine rings is 1. The summed E-state index contributed by atoms with van der Waals surface area (Å²) in [5.74, 6) is -0.249. The SMILES string of the molecule is CS(=O)(=O)N(Cc1ccc(Cl)cc1)c1ccc(C(=O)Nc2ccc(N3CCCCC3)cc2)cc1. The van der Waals surface area contributed by atoms with Crippen molar-refractivity contribution < 1.29 is 13.2 Å². The minimum Gasteiger partial charge on any atom is -0.372 e. The van der Waals surface area contributed by atoms with Gasteiger partial charge < -0.3 is 10.2 Å². The van der Waals surface area contributed by atoms with Gasteiger partial charge in [-0.2, -0.15) is 0 Å². The van der Waals surface area contributed by atoms with Crippen LogP contribution in [0.1, 0.15) is 35.2 Å². The zero-order valence-electron chi connectivity index (χ0n) is 19.1. The number of rotatable bonds is 7. The molecule has 0 aromatic heterocycles. The number of hydrogen-bond donors (Lipinski definition) is 1. The Kier molecular flexibility index (Phi) is 7.44. The van der Waals surface area contributed by atoms with Crippen molar-refractivity contribution in [3.8, 4) is 0 Å². The van der Waals surface area contributed by atoms with Gasteiger partial charge in [-0.25, -0.2) is 8.42 Å². The number of halogens is 1. The van der Waals surface area contributed by atoms with E-state index in [9.17, 15) is 13.2 Å². The van der Waals surface area contributed by atoms with E-state index in [-0.39, 0.29) is 12.5 Å². The van der Waals surface area contributed by atoms with Crippen LogP contribution in [0, 0.1) is 0 Å². The predicted octanol–water partition coefficient (Wildman–Crippen LogP) is 5.55. The molecule has 1 N–H and O–H groups in total. The first-order chi connectivity index (χ1) is 16.3. The third-order valence-corrected chi connectivity index (χ3v) is 7.30. The van der Waals surface area contributed by atoms with Crippen molar-refractivity contribution in [3.63, 3.8) is 0 Å². The van der Waals surface area contributed by atoms with Crippen LogP contribution in [0.25, 0.3) is 0 Å². The van der Waals surface area contributed by atoms with Crippen molar-refractivity contribution in [1.29, 1.82) is 0 Å². The number of amides is 1. The quantitative estimate of drug-likeness (QED) is 0.464. The van der Waals surface area contributed by atoms with Crippen molar-refractivity contribution in [2.24, 2.45) is 0 Å². The molecule has 34 heavy (non-hydrogen) atoms. The molecule has 1 saturated heterocycles. The summed E-state index contributed by atoms with van der Waals surface area (Å²) in [5.41, 5.74) is 3.63. The van der Waals surface area contributed by atoms with E-state index in [0.717, 1.165) is 30.6 Å². The van der Waals surface area contributed by atoms with Gasteiger partial charge in [0.25, 0.3) is 5.91 Å². The van der Waals surface area contributed by atoms with Gasteiger partial charge in [0.2, 0.25) is 10.0 Å². The lowest BCUT2D eigenvalue weighted by Gasteiger charge is -2.28. The molecule has 1 aliphatic heterocycles. The molecule has 0 aliphatic carbocycles. The van der Waals surface area contributed by atoms with Crippen LogP contribution in [0.5, 0.6) is 0 Å². The molecule has 1 aliphatic rings. The Morgan fingerprint density at radius 3 is 2.12 bits per heavy atom. The van der Waals surface area contributed by atoms with Crippen molar-refractivity contribution >= 4 is 44.6 Å². The van der Waals surface area contributed by atoms with Gasteiger partial charge in [0.05, 0.1) is 18.5 Å². The summed E-state index contributed by atoms with van der Waals surface area (Å²) in [6.45, 7) is 2.31. The molecule has 178 valence electrons. The molecule has 0 unspecified atom stereocenters. The van der Waals surface area contributed by atoms with E-state index in [1.54, 1.807) is 48.5 Å². The van der Waals surface area contributed by atoms with Gasteiger partial charge in [0, 0.05) is 35.1 Å². The van der Waals surface area contributed by atoms with Gasteiger partial charge in [-0.05, 0) is 85.5 Å². The van der Waals surface area contributed by atoms with Crippen LogP contribution in [0.2, 0.25) is 5.02 Å². The fourth-order valence-corrected chi connectivity index (χ4v) is 5.06. The molecule has 0 atom stereocenters. The summed E-state index contributed by atoms with van der Waals surface area (Å²) in [6.07, 6.45) is 4.87. The van der Waals surface area contributed by atoms with E-state index >= 15 is 0 Å². The Labute approximate surface area is 206 Å². The highest BCUT2D eigenvalue weighted by Gasteiger charge is 2.19. The predicted molar refractivity (Wildman–Crippen MR) is 139 cm³/mol. The molecule has 3 aromatic rings. The van der Waals surface area contributed by atoms with Crippen LogP contribution in [-0.2, 0) is 16.6 Å². The van der Waals surface area contributed by atoms with Gasteiger partial charge in [-0.15, -0.1) is 0 Å². The van der Waals surface area contributed by atoms with Crippen molar-refractivity contribution in [2.75, 3.05) is 33.9 Å². The molecule has 4 rings (SSSR count). The summed E-state index contributed by atoms with van der Waals surface area (Å²) in [6, 6.07) is 21.5. The van der Waals surface area contributed by atoms with Crippen LogP contribution in [0.15, 0.2) is 72.8 Å². The largest absolute Gasteiger partial charge is 0.372 e. The summed E-state index contributed by atoms with van der Waals surface area (Å²) in [5, 5.41) is 3.50. The van der Waals surface area contributed by atoms with Crippen molar-refractivity contribution in [3.05, 3.63) is 88.9 Å². The number of anilines is 3. The Balaban J connectivity index is 1.44. The number of carbonyl (C=O) groups is 1. The minimum absolute atomic E-state index is 0.172. The summed E-state index contributed by atoms with van der Waals surface area (Å²) in [4.78, 5) is 15.1. The fourth-order valence-electron chi connectivity index (χ4n) is 4.05. The molecule has 0 saturated carbocycles. The highest BCUT2D eigenvalue weighted by molar-refractivity contribution is 7.92. The second-order valence-corrected chi connectivity index (χ2v) is 10.8. The average Bonchev–Trinajstić information content (AvgIpc) is 2.84. The van der Waals surface area contributed by atoms with Crippen molar-refractivity contribution in [1.82, 2.24) is 0 Å². The van der Waals surface area contributed by atoms with E-state index in [1.807, 2.05) is 24.3 Å². The molecule has 8 heteroatoms. The van der Waals surface area contributed by atoms with E-state index in [1.165, 1.54) is 29.3 Å². The lowest BCUT2D eigenvalue weighted by atomic mass is 10.1. The van der Waals surface area contributed by atoms with E-state index in [2.05, 4.69) is 10.2 Å². The van der Waals surface area contributed by atoms with Gasteiger partial charge in [-0.1, -0.05) is 23.7 Å². The maximum atomic E-state index is 12.7. The van der Waals surface area contributed by atoms with Crippen LogP contribution >= 0.6 is 11.6 Å². The molecule has 3 aromatic carbocycles. The van der Waals surface area contributed by atoms with Crippen LogP contribution in [0.3, 0.4) is 0 Å². The van der Waals surface area contributed by atoms with Gasteiger partial charge >= 0.3 is 0 Å². The maximum Gasteiger partial charge on any atom is 0.255 e. The molecule has 1 amide bonds. The topological polar surface area (TPSA) is 69.7 Å². The number of sulfonamides is 1. The molecule has 1 fully saturated rings. The Morgan fingerprint density at radius 1 is 0.912 bits per heavy atom. The average molecular weight is 498 g/mol. The van der Waals surface area contributed by atoms with E-state index < -0.39 is 10.0 Å². The number of benzene rings is 3. The van der Waals surface area contributed by atoms with Crippen LogP contribution < -0.4 is 14.5 Å².